The molecule has 5 unspecified atom stereocenters. The first-order valence-electron chi connectivity index (χ1n) is 10.6. The highest BCUT2D eigenvalue weighted by Gasteiger charge is 2.74. The van der Waals surface area contributed by atoms with Crippen LogP contribution in [0.5, 0.6) is 0 Å². The number of aliphatic hydroxyl groups excluding tert-OH is 1. The number of hydrogen-bond donors (Lipinski definition) is 2. The number of carbonyl (C=O) groups excluding carboxylic acids is 2. The van der Waals surface area contributed by atoms with Gasteiger partial charge in [0.15, 0.2) is 0 Å². The second-order valence-corrected chi connectivity index (χ2v) is 9.00. The van der Waals surface area contributed by atoms with Gasteiger partial charge in [0.2, 0.25) is 11.8 Å². The van der Waals surface area contributed by atoms with Crippen molar-refractivity contribution in [3.8, 4) is 0 Å². The number of fused-ring (bicyclic) bond motifs is 1. The summed E-state index contributed by atoms with van der Waals surface area (Å²) >= 11 is 0. The summed E-state index contributed by atoms with van der Waals surface area (Å²) in [6, 6.07) is -1.04. The lowest BCUT2D eigenvalue weighted by atomic mass is 9.74. The van der Waals surface area contributed by atoms with Crippen LogP contribution in [-0.4, -0.2) is 80.8 Å². The Hall–Kier alpha value is -2.19. The molecule has 2 fully saturated rings. The van der Waals surface area contributed by atoms with Crippen molar-refractivity contribution >= 4 is 17.8 Å². The second kappa shape index (κ2) is 8.15. The summed E-state index contributed by atoms with van der Waals surface area (Å²) in [4.78, 5) is 42.2. The number of unbranched alkanes of at least 4 members (excludes halogenated alkanes) is 2. The molecule has 3 heterocycles. The van der Waals surface area contributed by atoms with Gasteiger partial charge >= 0.3 is 5.97 Å². The van der Waals surface area contributed by atoms with Crippen LogP contribution in [0.3, 0.4) is 0 Å². The van der Waals surface area contributed by atoms with Gasteiger partial charge in [0.05, 0.1) is 24.2 Å². The van der Waals surface area contributed by atoms with Crippen LogP contribution < -0.4 is 0 Å². The van der Waals surface area contributed by atoms with Crippen molar-refractivity contribution in [3.63, 3.8) is 0 Å². The smallest absolute Gasteiger partial charge is 0.310 e. The number of nitrogens with zero attached hydrogens (tertiary/aromatic N) is 2. The van der Waals surface area contributed by atoms with E-state index in [9.17, 15) is 24.6 Å². The number of rotatable bonds is 10. The van der Waals surface area contributed by atoms with Crippen molar-refractivity contribution < 1.29 is 29.3 Å². The van der Waals surface area contributed by atoms with Crippen LogP contribution in [-0.2, 0) is 19.1 Å². The SMILES string of the molecule is C=CCN(CCCCC)C(=O)C1N(C(C)(C)CO)C(=O)C2C(C(=O)O)C3C=CC21O3. The van der Waals surface area contributed by atoms with Gasteiger partial charge in [-0.2, -0.15) is 0 Å². The van der Waals surface area contributed by atoms with Crippen molar-refractivity contribution in [2.75, 3.05) is 19.7 Å². The molecule has 2 amide bonds. The Bertz CT molecular complexity index is 763. The second-order valence-electron chi connectivity index (χ2n) is 9.00. The fraction of sp³-hybridized carbons (Fsp3) is 0.682. The third-order valence-corrected chi connectivity index (χ3v) is 6.53. The lowest BCUT2D eigenvalue weighted by molar-refractivity contribution is -0.156. The number of aliphatic hydroxyl groups is 1. The molecule has 0 saturated carbocycles. The molecule has 0 aromatic rings. The topological polar surface area (TPSA) is 107 Å². The van der Waals surface area contributed by atoms with Crippen LogP contribution in [0.1, 0.15) is 40.0 Å². The van der Waals surface area contributed by atoms with Crippen LogP contribution in [0.2, 0.25) is 0 Å². The number of hydrogen-bond acceptors (Lipinski definition) is 5. The van der Waals surface area contributed by atoms with Gasteiger partial charge in [-0.05, 0) is 20.3 Å². The molecule has 2 bridgehead atoms. The summed E-state index contributed by atoms with van der Waals surface area (Å²) in [5.74, 6) is -3.93. The molecule has 0 aliphatic carbocycles. The third-order valence-electron chi connectivity index (χ3n) is 6.53. The van der Waals surface area contributed by atoms with Crippen LogP contribution in [0.4, 0.5) is 0 Å². The number of carbonyl (C=O) groups is 3. The van der Waals surface area contributed by atoms with Crippen molar-refractivity contribution in [1.29, 1.82) is 0 Å². The number of carboxylic acid groups (broad SMARTS) is 1. The maximum absolute atomic E-state index is 13.8. The van der Waals surface area contributed by atoms with Gasteiger partial charge in [-0.25, -0.2) is 0 Å². The fourth-order valence-corrected chi connectivity index (χ4v) is 5.03. The van der Waals surface area contributed by atoms with Gasteiger partial charge in [0, 0.05) is 13.1 Å². The molecule has 8 heteroatoms. The van der Waals surface area contributed by atoms with Gasteiger partial charge in [0.1, 0.15) is 17.6 Å². The molecule has 30 heavy (non-hydrogen) atoms. The minimum absolute atomic E-state index is 0.306. The Kier molecular flexibility index (Phi) is 6.11. The zero-order valence-electron chi connectivity index (χ0n) is 17.9. The molecular formula is C22H32N2O6. The Labute approximate surface area is 177 Å². The molecule has 3 aliphatic rings. The Morgan fingerprint density at radius 2 is 2.10 bits per heavy atom. The molecule has 5 atom stereocenters. The largest absolute Gasteiger partial charge is 0.481 e. The molecule has 166 valence electrons. The monoisotopic (exact) mass is 420 g/mol. The highest BCUT2D eigenvalue weighted by Crippen LogP contribution is 2.56. The summed E-state index contributed by atoms with van der Waals surface area (Å²) < 4.78 is 6.08. The third kappa shape index (κ3) is 3.26. The minimum Gasteiger partial charge on any atom is -0.481 e. The predicted molar refractivity (Wildman–Crippen MR) is 109 cm³/mol. The first-order chi connectivity index (χ1) is 14.2. The van der Waals surface area contributed by atoms with E-state index in [-0.39, 0.29) is 12.5 Å². The molecule has 3 rings (SSSR count). The zero-order chi connectivity index (χ0) is 22.3. The van der Waals surface area contributed by atoms with Gasteiger partial charge in [0.25, 0.3) is 0 Å². The van der Waals surface area contributed by atoms with Crippen LogP contribution in [0.15, 0.2) is 24.8 Å². The number of aliphatic carboxylic acids is 1. The average molecular weight is 421 g/mol. The van der Waals surface area contributed by atoms with E-state index in [1.165, 1.54) is 4.90 Å². The maximum atomic E-state index is 13.8. The Morgan fingerprint density at radius 3 is 2.67 bits per heavy atom. The number of likely N-dealkylation sites (tertiary alicyclic amines) is 1. The van der Waals surface area contributed by atoms with Gasteiger partial charge < -0.3 is 24.7 Å². The van der Waals surface area contributed by atoms with E-state index < -0.39 is 47.0 Å². The van der Waals surface area contributed by atoms with Crippen LogP contribution in [0, 0.1) is 11.8 Å². The highest BCUT2D eigenvalue weighted by molar-refractivity contribution is 5.99. The van der Waals surface area contributed by atoms with Gasteiger partial charge in [-0.3, -0.25) is 14.4 Å². The molecule has 8 nitrogen and oxygen atoms in total. The van der Waals surface area contributed by atoms with E-state index in [1.54, 1.807) is 37.0 Å². The summed E-state index contributed by atoms with van der Waals surface area (Å²) in [5, 5.41) is 19.7. The zero-order valence-corrected chi connectivity index (χ0v) is 17.9. The number of amides is 2. The summed E-state index contributed by atoms with van der Waals surface area (Å²) in [7, 11) is 0. The van der Waals surface area contributed by atoms with Crippen LogP contribution in [0.25, 0.3) is 0 Å². The summed E-state index contributed by atoms with van der Waals surface area (Å²) in [5.41, 5.74) is -2.39. The minimum atomic E-state index is -1.33. The quantitative estimate of drug-likeness (QED) is 0.406. The Morgan fingerprint density at radius 1 is 1.40 bits per heavy atom. The van der Waals surface area contributed by atoms with Crippen molar-refractivity contribution in [2.24, 2.45) is 11.8 Å². The van der Waals surface area contributed by atoms with Gasteiger partial charge in [-0.1, -0.05) is 38.0 Å². The molecule has 0 aromatic carbocycles. The lowest BCUT2D eigenvalue weighted by Crippen LogP contribution is -2.61. The van der Waals surface area contributed by atoms with Crippen molar-refractivity contribution in [3.05, 3.63) is 24.8 Å². The predicted octanol–water partition coefficient (Wildman–Crippen LogP) is 1.20. The summed E-state index contributed by atoms with van der Waals surface area (Å²) in [6.07, 6.45) is 7.01. The lowest BCUT2D eigenvalue weighted by Gasteiger charge is -2.42. The maximum Gasteiger partial charge on any atom is 0.310 e. The van der Waals surface area contributed by atoms with E-state index in [0.29, 0.717) is 13.1 Å². The normalized spacial score (nSPS) is 31.9. The summed E-state index contributed by atoms with van der Waals surface area (Å²) in [6.45, 7) is 9.62. The van der Waals surface area contributed by atoms with Gasteiger partial charge in [-0.15, -0.1) is 6.58 Å². The Balaban J connectivity index is 2.05. The molecule has 2 N–H and O–H groups in total. The number of carboxylic acids is 1. The fourth-order valence-electron chi connectivity index (χ4n) is 5.03. The van der Waals surface area contributed by atoms with E-state index in [4.69, 9.17) is 4.74 Å². The molecule has 2 saturated heterocycles. The van der Waals surface area contributed by atoms with Crippen molar-refractivity contribution in [1.82, 2.24) is 9.80 Å². The number of ether oxygens (including phenoxy) is 1. The molecular weight excluding hydrogens is 388 g/mol. The first kappa shape index (κ1) is 22.5. The molecule has 0 aromatic heterocycles. The van der Waals surface area contributed by atoms with Crippen LogP contribution >= 0.6 is 0 Å². The molecule has 3 aliphatic heterocycles. The van der Waals surface area contributed by atoms with E-state index in [2.05, 4.69) is 13.5 Å². The first-order valence-corrected chi connectivity index (χ1v) is 10.6. The molecule has 0 radical (unpaired) electrons. The van der Waals surface area contributed by atoms with E-state index in [0.717, 1.165) is 19.3 Å². The highest BCUT2D eigenvalue weighted by atomic mass is 16.5. The van der Waals surface area contributed by atoms with Crippen molar-refractivity contribution in [2.45, 2.75) is 63.3 Å². The van der Waals surface area contributed by atoms with E-state index in [1.807, 2.05) is 0 Å². The standard InChI is InChI=1S/C22H32N2O6/c1-5-7-8-12-23(11-6-2)19(27)17-22-10-9-14(30-22)15(20(28)29)16(22)18(26)24(17)21(3,4)13-25/h6,9-10,14-17,25H,2,5,7-8,11-13H2,1,3-4H3,(H,28,29). The molecule has 1 spiro atoms. The van der Waals surface area contributed by atoms with E-state index >= 15 is 0 Å². The average Bonchev–Trinajstić information content (AvgIpc) is 3.34.